The van der Waals surface area contributed by atoms with Crippen LogP contribution in [0.4, 0.5) is 4.79 Å². The van der Waals surface area contributed by atoms with Crippen molar-refractivity contribution in [1.82, 2.24) is 4.90 Å². The van der Waals surface area contributed by atoms with E-state index in [9.17, 15) is 9.90 Å². The summed E-state index contributed by atoms with van der Waals surface area (Å²) < 4.78 is 4.68. The maximum Gasteiger partial charge on any atom is 0.409 e. The number of aromatic hydroxyl groups is 1. The smallest absolute Gasteiger partial charge is 0.409 e. The molecule has 2 rings (SSSR count). The van der Waals surface area contributed by atoms with Gasteiger partial charge in [0.15, 0.2) is 0 Å². The molecule has 1 amide bonds. The van der Waals surface area contributed by atoms with Crippen molar-refractivity contribution in [2.75, 3.05) is 13.7 Å². The van der Waals surface area contributed by atoms with Gasteiger partial charge in [-0.15, -0.1) is 0 Å². The highest BCUT2D eigenvalue weighted by atomic mass is 16.5. The third kappa shape index (κ3) is 1.71. The molecule has 1 aliphatic rings. The van der Waals surface area contributed by atoms with Gasteiger partial charge in [-0.25, -0.2) is 4.79 Å². The molecule has 1 N–H and O–H groups in total. The number of phenols is 1. The Labute approximate surface area is 94.4 Å². The molecule has 1 aromatic carbocycles. The number of phenolic OH excluding ortho intramolecular Hbond substituents is 1. The minimum Gasteiger partial charge on any atom is -0.508 e. The van der Waals surface area contributed by atoms with E-state index in [4.69, 9.17) is 0 Å². The first-order chi connectivity index (χ1) is 7.63. The fraction of sp³-hybridized carbons (Fsp3) is 0.417. The average molecular weight is 221 g/mol. The zero-order valence-electron chi connectivity index (χ0n) is 9.49. The normalized spacial score (nSPS) is 14.5. The summed E-state index contributed by atoms with van der Waals surface area (Å²) in [6.07, 6.45) is 0.427. The zero-order valence-corrected chi connectivity index (χ0v) is 9.49. The van der Waals surface area contributed by atoms with E-state index in [-0.39, 0.29) is 11.8 Å². The molecule has 1 aliphatic heterocycles. The zero-order chi connectivity index (χ0) is 11.7. The quantitative estimate of drug-likeness (QED) is 0.727. The number of nitrogens with zero attached hydrogens (tertiary/aromatic N) is 1. The van der Waals surface area contributed by atoms with Gasteiger partial charge in [0.25, 0.3) is 0 Å². The number of amides is 1. The van der Waals surface area contributed by atoms with E-state index in [2.05, 4.69) is 4.74 Å². The standard InChI is InChI=1S/C12H15NO3/c1-8-3-4-11(14)10-7-13(12(15)16-2)6-5-9(8)10/h3-4,14H,5-7H2,1-2H3. The molecule has 0 aromatic heterocycles. The summed E-state index contributed by atoms with van der Waals surface area (Å²) in [5.74, 6) is 0.259. The van der Waals surface area contributed by atoms with Crippen molar-refractivity contribution in [2.24, 2.45) is 0 Å². The maximum absolute atomic E-state index is 11.4. The molecule has 0 saturated heterocycles. The molecular weight excluding hydrogens is 206 g/mol. The van der Waals surface area contributed by atoms with Crippen LogP contribution in [0.1, 0.15) is 16.7 Å². The molecule has 0 atom stereocenters. The highest BCUT2D eigenvalue weighted by Crippen LogP contribution is 2.29. The van der Waals surface area contributed by atoms with Crippen molar-refractivity contribution in [3.63, 3.8) is 0 Å². The Morgan fingerprint density at radius 2 is 2.19 bits per heavy atom. The van der Waals surface area contributed by atoms with Gasteiger partial charge in [0.05, 0.1) is 13.7 Å². The van der Waals surface area contributed by atoms with Crippen LogP contribution in [0.25, 0.3) is 0 Å². The first-order valence-electron chi connectivity index (χ1n) is 5.26. The van der Waals surface area contributed by atoms with E-state index in [1.165, 1.54) is 7.11 Å². The fourth-order valence-corrected chi connectivity index (χ4v) is 2.12. The topological polar surface area (TPSA) is 49.8 Å². The fourth-order valence-electron chi connectivity index (χ4n) is 2.12. The number of carbonyl (C=O) groups excluding carboxylic acids is 1. The van der Waals surface area contributed by atoms with E-state index >= 15 is 0 Å². The van der Waals surface area contributed by atoms with Gasteiger partial charge in [-0.05, 0) is 30.5 Å². The molecular formula is C12H15NO3. The number of hydrogen-bond donors (Lipinski definition) is 1. The van der Waals surface area contributed by atoms with E-state index in [1.807, 2.05) is 13.0 Å². The number of carbonyl (C=O) groups is 1. The summed E-state index contributed by atoms with van der Waals surface area (Å²) in [6, 6.07) is 3.58. The van der Waals surface area contributed by atoms with Gasteiger partial charge < -0.3 is 14.7 Å². The van der Waals surface area contributed by atoms with E-state index in [0.29, 0.717) is 13.1 Å². The van der Waals surface area contributed by atoms with Gasteiger partial charge in [-0.3, -0.25) is 0 Å². The second-order valence-electron chi connectivity index (χ2n) is 4.00. The molecule has 0 bridgehead atoms. The molecule has 1 aromatic rings. The molecule has 1 heterocycles. The first-order valence-corrected chi connectivity index (χ1v) is 5.26. The van der Waals surface area contributed by atoms with Crippen molar-refractivity contribution < 1.29 is 14.6 Å². The summed E-state index contributed by atoms with van der Waals surface area (Å²) in [4.78, 5) is 13.0. The van der Waals surface area contributed by atoms with E-state index < -0.39 is 0 Å². The molecule has 0 radical (unpaired) electrons. The number of methoxy groups -OCH3 is 1. The highest BCUT2D eigenvalue weighted by molar-refractivity contribution is 5.68. The third-order valence-electron chi connectivity index (χ3n) is 3.05. The molecule has 4 heteroatoms. The third-order valence-corrected chi connectivity index (χ3v) is 3.05. The summed E-state index contributed by atoms with van der Waals surface area (Å²) in [7, 11) is 1.37. The van der Waals surface area contributed by atoms with Crippen molar-refractivity contribution in [3.8, 4) is 5.75 Å². The lowest BCUT2D eigenvalue weighted by Gasteiger charge is -2.29. The maximum atomic E-state index is 11.4. The summed E-state index contributed by atoms with van der Waals surface area (Å²) in [5, 5.41) is 9.77. The molecule has 0 aliphatic carbocycles. The van der Waals surface area contributed by atoms with E-state index in [1.54, 1.807) is 11.0 Å². The molecule has 0 unspecified atom stereocenters. The minimum atomic E-state index is -0.341. The molecule has 4 nitrogen and oxygen atoms in total. The van der Waals surface area contributed by atoms with Crippen LogP contribution in [0.3, 0.4) is 0 Å². The van der Waals surface area contributed by atoms with E-state index in [0.717, 1.165) is 23.1 Å². The van der Waals surface area contributed by atoms with Gasteiger partial charge in [0.1, 0.15) is 5.75 Å². The predicted molar refractivity (Wildman–Crippen MR) is 59.4 cm³/mol. The largest absolute Gasteiger partial charge is 0.508 e. The lowest BCUT2D eigenvalue weighted by Crippen LogP contribution is -2.36. The van der Waals surface area contributed by atoms with Crippen LogP contribution in [0.5, 0.6) is 5.75 Å². The van der Waals surface area contributed by atoms with Gasteiger partial charge in [0, 0.05) is 12.1 Å². The Hall–Kier alpha value is -1.71. The number of rotatable bonds is 0. The van der Waals surface area contributed by atoms with Crippen LogP contribution in [0.15, 0.2) is 12.1 Å². The van der Waals surface area contributed by atoms with Gasteiger partial charge >= 0.3 is 6.09 Å². The first kappa shape index (κ1) is 10.8. The SMILES string of the molecule is COC(=O)N1CCc2c(C)ccc(O)c2C1. The Morgan fingerprint density at radius 1 is 1.44 bits per heavy atom. The highest BCUT2D eigenvalue weighted by Gasteiger charge is 2.24. The van der Waals surface area contributed by atoms with Gasteiger partial charge in [-0.1, -0.05) is 6.07 Å². The predicted octanol–water partition coefficient (Wildman–Crippen LogP) is 1.83. The van der Waals surface area contributed by atoms with Gasteiger partial charge in [-0.2, -0.15) is 0 Å². The number of fused-ring (bicyclic) bond motifs is 1. The average Bonchev–Trinajstić information content (AvgIpc) is 2.32. The molecule has 16 heavy (non-hydrogen) atoms. The lowest BCUT2D eigenvalue weighted by atomic mass is 9.94. The number of aryl methyl sites for hydroxylation is 1. The van der Waals surface area contributed by atoms with Crippen molar-refractivity contribution >= 4 is 6.09 Å². The van der Waals surface area contributed by atoms with Gasteiger partial charge in [0.2, 0.25) is 0 Å². The number of benzene rings is 1. The Kier molecular flexibility index (Phi) is 2.73. The molecule has 0 fully saturated rings. The Balaban J connectivity index is 2.33. The molecule has 0 saturated carbocycles. The summed E-state index contributed by atoms with van der Waals surface area (Å²) >= 11 is 0. The summed E-state index contributed by atoms with van der Waals surface area (Å²) in [5.41, 5.74) is 3.16. The van der Waals surface area contributed by atoms with Crippen LogP contribution in [-0.4, -0.2) is 29.8 Å². The van der Waals surface area contributed by atoms with Crippen LogP contribution < -0.4 is 0 Å². The number of ether oxygens (including phenoxy) is 1. The second kappa shape index (κ2) is 4.04. The minimum absolute atomic E-state index is 0.259. The van der Waals surface area contributed by atoms with Crippen LogP contribution in [0.2, 0.25) is 0 Å². The Morgan fingerprint density at radius 3 is 2.88 bits per heavy atom. The van der Waals surface area contributed by atoms with Crippen LogP contribution >= 0.6 is 0 Å². The van der Waals surface area contributed by atoms with Crippen LogP contribution in [-0.2, 0) is 17.7 Å². The van der Waals surface area contributed by atoms with Crippen molar-refractivity contribution in [3.05, 3.63) is 28.8 Å². The van der Waals surface area contributed by atoms with Crippen molar-refractivity contribution in [2.45, 2.75) is 19.9 Å². The summed E-state index contributed by atoms with van der Waals surface area (Å²) in [6.45, 7) is 3.09. The Bertz CT molecular complexity index is 429. The number of hydrogen-bond acceptors (Lipinski definition) is 3. The lowest BCUT2D eigenvalue weighted by molar-refractivity contribution is 0.118. The second-order valence-corrected chi connectivity index (χ2v) is 4.00. The van der Waals surface area contributed by atoms with Crippen LogP contribution in [0, 0.1) is 6.92 Å². The monoisotopic (exact) mass is 221 g/mol. The molecule has 86 valence electrons. The molecule has 0 spiro atoms. The van der Waals surface area contributed by atoms with Crippen molar-refractivity contribution in [1.29, 1.82) is 0 Å².